The van der Waals surface area contributed by atoms with Crippen LogP contribution in [0, 0.1) is 18.3 Å². The van der Waals surface area contributed by atoms with Crippen LogP contribution in [-0.4, -0.2) is 30.5 Å². The Kier molecular flexibility index (Phi) is 3.67. The topological polar surface area (TPSA) is 79.7 Å². The van der Waals surface area contributed by atoms with E-state index in [1.165, 1.54) is 0 Å². The molecule has 2 aromatic heterocycles. The average molecular weight is 259 g/mol. The van der Waals surface area contributed by atoms with E-state index in [0.717, 1.165) is 5.69 Å². The molecule has 0 fully saturated rings. The highest BCUT2D eigenvalue weighted by molar-refractivity contribution is 5.55. The minimum Gasteiger partial charge on any atom is -0.391 e. The third-order valence-corrected chi connectivity index (χ3v) is 3.00. The summed E-state index contributed by atoms with van der Waals surface area (Å²) < 4.78 is 3.54. The zero-order valence-corrected chi connectivity index (χ0v) is 11.3. The first-order valence-corrected chi connectivity index (χ1v) is 6.21. The van der Waals surface area contributed by atoms with Crippen LogP contribution >= 0.6 is 0 Å². The summed E-state index contributed by atoms with van der Waals surface area (Å²) in [5.74, 6) is 1.33. The number of aliphatic hydroxyl groups is 1. The van der Waals surface area contributed by atoms with Crippen molar-refractivity contribution in [3.05, 3.63) is 23.7 Å². The predicted molar refractivity (Wildman–Crippen MR) is 70.2 cm³/mol. The van der Waals surface area contributed by atoms with Gasteiger partial charge in [-0.05, 0) is 19.4 Å². The standard InChI is InChI=1S/C13H17N5O/c1-4-11(19)8-18-13(15-9(2)16-18)12-5-10(6-14)7-17(12)3/h5,7,11,19H,4,8H2,1-3H3/t11-/m1/s1. The lowest BCUT2D eigenvalue weighted by Crippen LogP contribution is -2.17. The molecule has 6 heteroatoms. The zero-order chi connectivity index (χ0) is 14.0. The molecule has 0 unspecified atom stereocenters. The van der Waals surface area contributed by atoms with Crippen molar-refractivity contribution in [1.82, 2.24) is 19.3 Å². The summed E-state index contributed by atoms with van der Waals surface area (Å²) in [4.78, 5) is 4.39. The fraction of sp³-hybridized carbons (Fsp3) is 0.462. The average Bonchev–Trinajstić information content (AvgIpc) is 2.92. The third kappa shape index (κ3) is 2.66. The predicted octanol–water partition coefficient (Wildman–Crippen LogP) is 1.23. The van der Waals surface area contributed by atoms with Gasteiger partial charge in [0.2, 0.25) is 0 Å². The van der Waals surface area contributed by atoms with Gasteiger partial charge in [0.05, 0.1) is 23.9 Å². The van der Waals surface area contributed by atoms with E-state index in [9.17, 15) is 5.11 Å². The van der Waals surface area contributed by atoms with Crippen LogP contribution in [0.1, 0.15) is 24.7 Å². The summed E-state index contributed by atoms with van der Waals surface area (Å²) in [7, 11) is 1.86. The van der Waals surface area contributed by atoms with E-state index in [-0.39, 0.29) is 0 Å². The van der Waals surface area contributed by atoms with Crippen LogP contribution in [0.15, 0.2) is 12.3 Å². The van der Waals surface area contributed by atoms with E-state index in [2.05, 4.69) is 16.2 Å². The van der Waals surface area contributed by atoms with Crippen LogP contribution in [0.5, 0.6) is 0 Å². The molecule has 0 amide bonds. The highest BCUT2D eigenvalue weighted by Gasteiger charge is 2.16. The molecule has 0 aliphatic carbocycles. The van der Waals surface area contributed by atoms with Gasteiger partial charge in [-0.15, -0.1) is 0 Å². The Bertz CT molecular complexity index is 620. The van der Waals surface area contributed by atoms with Gasteiger partial charge in [0.1, 0.15) is 11.9 Å². The van der Waals surface area contributed by atoms with Crippen LogP contribution in [0.3, 0.4) is 0 Å². The first-order chi connectivity index (χ1) is 9.05. The maximum absolute atomic E-state index is 9.76. The Morgan fingerprint density at radius 2 is 2.26 bits per heavy atom. The molecule has 0 aliphatic rings. The van der Waals surface area contributed by atoms with E-state index in [0.29, 0.717) is 30.2 Å². The van der Waals surface area contributed by atoms with Gasteiger partial charge in [0.15, 0.2) is 5.82 Å². The smallest absolute Gasteiger partial charge is 0.175 e. The molecule has 19 heavy (non-hydrogen) atoms. The first-order valence-electron chi connectivity index (χ1n) is 6.21. The molecule has 0 saturated heterocycles. The molecule has 0 saturated carbocycles. The summed E-state index contributed by atoms with van der Waals surface area (Å²) in [5.41, 5.74) is 1.40. The molecule has 2 aromatic rings. The molecule has 6 nitrogen and oxygen atoms in total. The second-order valence-electron chi connectivity index (χ2n) is 4.56. The van der Waals surface area contributed by atoms with E-state index >= 15 is 0 Å². The summed E-state index contributed by atoms with van der Waals surface area (Å²) in [6.07, 6.45) is 1.96. The molecule has 0 bridgehead atoms. The molecular formula is C13H17N5O. The van der Waals surface area contributed by atoms with Gasteiger partial charge in [0, 0.05) is 13.2 Å². The van der Waals surface area contributed by atoms with Gasteiger partial charge in [-0.2, -0.15) is 10.4 Å². The summed E-state index contributed by atoms with van der Waals surface area (Å²) in [6, 6.07) is 3.88. The van der Waals surface area contributed by atoms with Crippen molar-refractivity contribution in [2.45, 2.75) is 32.9 Å². The lowest BCUT2D eigenvalue weighted by Gasteiger charge is -2.10. The monoisotopic (exact) mass is 259 g/mol. The largest absolute Gasteiger partial charge is 0.391 e. The van der Waals surface area contributed by atoms with Crippen molar-refractivity contribution in [3.8, 4) is 17.6 Å². The maximum atomic E-state index is 9.76. The summed E-state index contributed by atoms with van der Waals surface area (Å²) in [6.45, 7) is 4.14. The number of aryl methyl sites for hydroxylation is 2. The van der Waals surface area contributed by atoms with Crippen molar-refractivity contribution < 1.29 is 5.11 Å². The summed E-state index contributed by atoms with van der Waals surface area (Å²) in [5, 5.41) is 23.0. The van der Waals surface area contributed by atoms with Gasteiger partial charge >= 0.3 is 0 Å². The molecule has 100 valence electrons. The Morgan fingerprint density at radius 1 is 1.53 bits per heavy atom. The molecule has 1 atom stereocenters. The molecular weight excluding hydrogens is 242 g/mol. The van der Waals surface area contributed by atoms with Crippen molar-refractivity contribution in [2.24, 2.45) is 7.05 Å². The lowest BCUT2D eigenvalue weighted by molar-refractivity contribution is 0.145. The Balaban J connectivity index is 2.44. The van der Waals surface area contributed by atoms with Crippen LogP contribution < -0.4 is 0 Å². The minimum atomic E-state index is -0.449. The van der Waals surface area contributed by atoms with Crippen LogP contribution in [0.2, 0.25) is 0 Å². The minimum absolute atomic E-state index is 0.403. The molecule has 0 aromatic carbocycles. The van der Waals surface area contributed by atoms with Crippen molar-refractivity contribution in [2.75, 3.05) is 0 Å². The molecule has 2 heterocycles. The Hall–Kier alpha value is -2.13. The molecule has 2 rings (SSSR count). The highest BCUT2D eigenvalue weighted by Crippen LogP contribution is 2.20. The van der Waals surface area contributed by atoms with E-state index in [1.54, 1.807) is 16.9 Å². The van der Waals surface area contributed by atoms with Crippen LogP contribution in [0.4, 0.5) is 0 Å². The van der Waals surface area contributed by atoms with E-state index in [1.807, 2.05) is 25.5 Å². The van der Waals surface area contributed by atoms with Gasteiger partial charge in [-0.25, -0.2) is 9.67 Å². The number of rotatable bonds is 4. The molecule has 0 radical (unpaired) electrons. The second kappa shape index (κ2) is 5.24. The summed E-state index contributed by atoms with van der Waals surface area (Å²) >= 11 is 0. The van der Waals surface area contributed by atoms with Crippen molar-refractivity contribution in [1.29, 1.82) is 5.26 Å². The Morgan fingerprint density at radius 3 is 2.84 bits per heavy atom. The second-order valence-corrected chi connectivity index (χ2v) is 4.56. The van der Waals surface area contributed by atoms with Crippen molar-refractivity contribution >= 4 is 0 Å². The van der Waals surface area contributed by atoms with E-state index in [4.69, 9.17) is 5.26 Å². The SMILES string of the molecule is CC[C@@H](O)Cn1nc(C)nc1-c1cc(C#N)cn1C. The lowest BCUT2D eigenvalue weighted by atomic mass is 10.2. The fourth-order valence-corrected chi connectivity index (χ4v) is 1.95. The Labute approximate surface area is 111 Å². The van der Waals surface area contributed by atoms with Gasteiger partial charge < -0.3 is 9.67 Å². The number of hydrogen-bond donors (Lipinski definition) is 1. The van der Waals surface area contributed by atoms with Crippen LogP contribution in [0.25, 0.3) is 11.5 Å². The normalized spacial score (nSPS) is 12.4. The number of nitriles is 1. The first kappa shape index (κ1) is 13.3. The maximum Gasteiger partial charge on any atom is 0.175 e. The molecule has 0 aliphatic heterocycles. The number of aromatic nitrogens is 4. The van der Waals surface area contributed by atoms with E-state index < -0.39 is 6.10 Å². The van der Waals surface area contributed by atoms with Crippen LogP contribution in [-0.2, 0) is 13.6 Å². The van der Waals surface area contributed by atoms with Crippen molar-refractivity contribution in [3.63, 3.8) is 0 Å². The molecule has 0 spiro atoms. The molecule has 1 N–H and O–H groups in total. The van der Waals surface area contributed by atoms with Gasteiger partial charge in [0.25, 0.3) is 0 Å². The van der Waals surface area contributed by atoms with Gasteiger partial charge in [-0.1, -0.05) is 6.92 Å². The number of nitrogens with zero attached hydrogens (tertiary/aromatic N) is 5. The fourth-order valence-electron chi connectivity index (χ4n) is 1.95. The number of hydrogen-bond acceptors (Lipinski definition) is 4. The zero-order valence-electron chi connectivity index (χ0n) is 11.3. The van der Waals surface area contributed by atoms with Gasteiger partial charge in [-0.3, -0.25) is 0 Å². The quantitative estimate of drug-likeness (QED) is 0.895. The highest BCUT2D eigenvalue weighted by atomic mass is 16.3. The number of aliphatic hydroxyl groups excluding tert-OH is 1. The third-order valence-electron chi connectivity index (χ3n) is 3.00.